The summed E-state index contributed by atoms with van der Waals surface area (Å²) in [4.78, 5) is 51.9. The number of rotatable bonds is 6. The number of carbonyl (C=O) groups is 4. The van der Waals surface area contributed by atoms with E-state index in [4.69, 9.17) is 4.74 Å². The monoisotopic (exact) mass is 560 g/mol. The predicted octanol–water partition coefficient (Wildman–Crippen LogP) is 1.92. The minimum absolute atomic E-state index is 0.0404. The van der Waals surface area contributed by atoms with Crippen molar-refractivity contribution in [1.29, 1.82) is 0 Å². The first-order valence-corrected chi connectivity index (χ1v) is 14.3. The molecule has 6 rings (SSSR count). The van der Waals surface area contributed by atoms with E-state index in [1.54, 1.807) is 13.2 Å². The molecule has 0 spiro atoms. The molecule has 2 bridgehead atoms. The summed E-state index contributed by atoms with van der Waals surface area (Å²) >= 11 is 0. The summed E-state index contributed by atoms with van der Waals surface area (Å²) in [6, 6.07) is 10.7. The first-order chi connectivity index (χ1) is 19.7. The molecular formula is C31H36N4O6. The number of benzene rings is 2. The SMILES string of the molecule is CO[C@@]12CCC(=O)C[C@@]13CCN(C)[C@@H]2Cc1ccc(C(=O)NCCc2ccc(C4CNC(=O)NC4=O)cc2)c(O)c13. The van der Waals surface area contributed by atoms with Crippen LogP contribution >= 0.6 is 0 Å². The number of fused-ring (bicyclic) bond motifs is 1. The Labute approximate surface area is 238 Å². The van der Waals surface area contributed by atoms with Crippen molar-refractivity contribution in [3.8, 4) is 5.75 Å². The number of phenolic OH excluding ortho intramolecular Hbond substituents is 1. The summed E-state index contributed by atoms with van der Waals surface area (Å²) in [5.74, 6) is -1.00. The molecule has 2 aromatic rings. The lowest BCUT2D eigenvalue weighted by Crippen LogP contribution is -2.73. The van der Waals surface area contributed by atoms with Gasteiger partial charge in [-0.2, -0.15) is 0 Å². The van der Waals surface area contributed by atoms with Crippen LogP contribution in [0.4, 0.5) is 4.79 Å². The second kappa shape index (κ2) is 10.3. The maximum atomic E-state index is 13.3. The number of phenols is 1. The lowest BCUT2D eigenvalue weighted by Gasteiger charge is -2.64. The van der Waals surface area contributed by atoms with E-state index < -0.39 is 23.0 Å². The number of hydrogen-bond donors (Lipinski definition) is 4. The fourth-order valence-electron chi connectivity index (χ4n) is 7.84. The van der Waals surface area contributed by atoms with Crippen molar-refractivity contribution in [3.05, 3.63) is 64.2 Å². The molecule has 4 amide bonds. The number of imide groups is 1. The number of ketones is 1. The van der Waals surface area contributed by atoms with Gasteiger partial charge in [0, 0.05) is 50.1 Å². The molecule has 4 N–H and O–H groups in total. The topological polar surface area (TPSA) is 137 Å². The van der Waals surface area contributed by atoms with E-state index in [1.165, 1.54) is 0 Å². The van der Waals surface area contributed by atoms with Crippen LogP contribution in [-0.4, -0.2) is 79.1 Å². The third-order valence-corrected chi connectivity index (χ3v) is 9.91. The molecule has 0 aromatic heterocycles. The Morgan fingerprint density at radius 2 is 1.93 bits per heavy atom. The van der Waals surface area contributed by atoms with Gasteiger partial charge in [-0.1, -0.05) is 30.3 Å². The van der Waals surface area contributed by atoms with Gasteiger partial charge in [0.05, 0.1) is 17.1 Å². The predicted molar refractivity (Wildman–Crippen MR) is 150 cm³/mol. The average molecular weight is 561 g/mol. The van der Waals surface area contributed by atoms with Crippen molar-refractivity contribution in [2.75, 3.05) is 33.8 Å². The number of carbonyl (C=O) groups excluding carboxylic acids is 4. The highest BCUT2D eigenvalue weighted by Gasteiger charge is 2.66. The van der Waals surface area contributed by atoms with Crippen LogP contribution in [0, 0.1) is 0 Å². The maximum Gasteiger partial charge on any atom is 0.321 e. The summed E-state index contributed by atoms with van der Waals surface area (Å²) in [5.41, 5.74) is 2.42. The number of amides is 4. The van der Waals surface area contributed by atoms with Crippen molar-refractivity contribution in [1.82, 2.24) is 20.9 Å². The van der Waals surface area contributed by atoms with E-state index in [2.05, 4.69) is 27.9 Å². The van der Waals surface area contributed by atoms with Crippen LogP contribution < -0.4 is 16.0 Å². The standard InChI is InChI=1S/C31H36N4O6/c1-35-14-12-30-16-21(36)9-11-31(30,41-2)24(35)15-20-7-8-22(26(37)25(20)30)27(38)32-13-10-18-3-5-19(6-4-18)23-17-33-29(40)34-28(23)39/h3-8,23-24,37H,9-17H2,1-2H3,(H,32,38)(H2,33,34,39,40)/t23?,24-,30-,31-/m1/s1. The van der Waals surface area contributed by atoms with Crippen LogP contribution in [0.3, 0.4) is 0 Å². The highest BCUT2D eigenvalue weighted by atomic mass is 16.5. The Kier molecular flexibility index (Phi) is 6.86. The molecule has 2 saturated heterocycles. The molecule has 2 heterocycles. The Morgan fingerprint density at radius 1 is 1.15 bits per heavy atom. The molecule has 4 atom stereocenters. The summed E-state index contributed by atoms with van der Waals surface area (Å²) in [7, 11) is 3.81. The zero-order chi connectivity index (χ0) is 28.9. The molecule has 1 saturated carbocycles. The van der Waals surface area contributed by atoms with E-state index >= 15 is 0 Å². The maximum absolute atomic E-state index is 13.3. The van der Waals surface area contributed by atoms with Gasteiger partial charge >= 0.3 is 6.03 Å². The van der Waals surface area contributed by atoms with Crippen LogP contribution in [-0.2, 0) is 32.6 Å². The number of Topliss-reactive ketones (excluding diaryl/α,β-unsaturated/α-hetero) is 1. The van der Waals surface area contributed by atoms with E-state index in [9.17, 15) is 24.3 Å². The van der Waals surface area contributed by atoms with Crippen molar-refractivity contribution in [2.24, 2.45) is 0 Å². The number of nitrogens with zero attached hydrogens (tertiary/aromatic N) is 1. The van der Waals surface area contributed by atoms with Gasteiger partial charge in [-0.15, -0.1) is 0 Å². The second-order valence-corrected chi connectivity index (χ2v) is 11.8. The molecule has 41 heavy (non-hydrogen) atoms. The Bertz CT molecular complexity index is 1420. The number of piperidine rings is 1. The molecule has 4 aliphatic rings. The van der Waals surface area contributed by atoms with E-state index in [0.717, 1.165) is 23.2 Å². The Morgan fingerprint density at radius 3 is 2.66 bits per heavy atom. The van der Waals surface area contributed by atoms with Crippen molar-refractivity contribution >= 4 is 23.6 Å². The molecular weight excluding hydrogens is 524 g/mol. The van der Waals surface area contributed by atoms with E-state index in [1.807, 2.05) is 30.3 Å². The molecule has 1 unspecified atom stereocenters. The van der Waals surface area contributed by atoms with Gasteiger partial charge in [-0.05, 0) is 62.0 Å². The number of aromatic hydroxyl groups is 1. The number of ether oxygens (including phenoxy) is 1. The summed E-state index contributed by atoms with van der Waals surface area (Å²) in [6.45, 7) is 1.40. The minimum atomic E-state index is -0.665. The number of nitrogens with one attached hydrogen (secondary N) is 3. The van der Waals surface area contributed by atoms with Crippen molar-refractivity contribution in [2.45, 2.75) is 61.5 Å². The second-order valence-electron chi connectivity index (χ2n) is 11.8. The third kappa shape index (κ3) is 4.31. The largest absolute Gasteiger partial charge is 0.507 e. The quantitative estimate of drug-likeness (QED) is 0.424. The van der Waals surface area contributed by atoms with Crippen LogP contribution in [0.15, 0.2) is 36.4 Å². The normalized spacial score (nSPS) is 29.2. The van der Waals surface area contributed by atoms with Crippen LogP contribution in [0.5, 0.6) is 5.75 Å². The van der Waals surface area contributed by atoms with Gasteiger partial charge in [-0.25, -0.2) is 4.79 Å². The van der Waals surface area contributed by atoms with Gasteiger partial charge in [0.15, 0.2) is 0 Å². The van der Waals surface area contributed by atoms with Crippen LogP contribution in [0.2, 0.25) is 0 Å². The fraction of sp³-hybridized carbons (Fsp3) is 0.484. The van der Waals surface area contributed by atoms with Gasteiger partial charge in [0.25, 0.3) is 5.91 Å². The first-order valence-electron chi connectivity index (χ1n) is 14.3. The van der Waals surface area contributed by atoms with Gasteiger partial charge < -0.3 is 25.4 Å². The highest BCUT2D eigenvalue weighted by Crippen LogP contribution is 2.60. The van der Waals surface area contributed by atoms with E-state index in [0.29, 0.717) is 50.6 Å². The molecule has 2 aromatic carbocycles. The van der Waals surface area contributed by atoms with Crippen LogP contribution in [0.1, 0.15) is 64.2 Å². The lowest BCUT2D eigenvalue weighted by molar-refractivity contribution is -0.183. The fourth-order valence-corrected chi connectivity index (χ4v) is 7.84. The zero-order valence-corrected chi connectivity index (χ0v) is 23.4. The minimum Gasteiger partial charge on any atom is -0.507 e. The van der Waals surface area contributed by atoms with E-state index in [-0.39, 0.29) is 41.5 Å². The number of likely N-dealkylation sites (tertiary alicyclic amines) is 1. The van der Waals surface area contributed by atoms with Crippen LogP contribution in [0.25, 0.3) is 0 Å². The van der Waals surface area contributed by atoms with Gasteiger partial charge in [0.1, 0.15) is 11.5 Å². The number of hydrogen-bond acceptors (Lipinski definition) is 7. The molecule has 216 valence electrons. The number of urea groups is 1. The van der Waals surface area contributed by atoms with Crippen molar-refractivity contribution < 1.29 is 29.0 Å². The molecule has 0 radical (unpaired) electrons. The molecule has 2 aliphatic heterocycles. The highest BCUT2D eigenvalue weighted by molar-refractivity contribution is 6.00. The van der Waals surface area contributed by atoms with Gasteiger partial charge in [-0.3, -0.25) is 19.7 Å². The van der Waals surface area contributed by atoms with Gasteiger partial charge in [0.2, 0.25) is 5.91 Å². The first kappa shape index (κ1) is 27.4. The third-order valence-electron chi connectivity index (χ3n) is 9.91. The summed E-state index contributed by atoms with van der Waals surface area (Å²) in [5, 5.41) is 19.5. The molecule has 10 heteroatoms. The lowest BCUT2D eigenvalue weighted by atomic mass is 9.49. The Balaban J connectivity index is 1.19. The number of methoxy groups -OCH3 is 1. The van der Waals surface area contributed by atoms with Crippen molar-refractivity contribution in [3.63, 3.8) is 0 Å². The number of likely N-dealkylation sites (N-methyl/N-ethyl adjacent to an activating group) is 1. The smallest absolute Gasteiger partial charge is 0.321 e. The molecule has 2 aliphatic carbocycles. The summed E-state index contributed by atoms with van der Waals surface area (Å²) in [6.07, 6.45) is 3.30. The summed E-state index contributed by atoms with van der Waals surface area (Å²) < 4.78 is 6.30. The molecule has 3 fully saturated rings. The molecule has 10 nitrogen and oxygen atoms in total. The average Bonchev–Trinajstić information content (AvgIpc) is 2.95. The zero-order valence-electron chi connectivity index (χ0n) is 23.4. The Hall–Kier alpha value is -3.76.